The second-order valence-corrected chi connectivity index (χ2v) is 5.51. The first-order chi connectivity index (χ1) is 10.0. The fourth-order valence-electron chi connectivity index (χ4n) is 2.32. The molecule has 1 aromatic rings. The molecule has 1 heterocycles. The number of primary amides is 1. The molecule has 1 atom stereocenters. The molecule has 1 saturated heterocycles. The zero-order chi connectivity index (χ0) is 15.2. The van der Waals surface area contributed by atoms with Gasteiger partial charge in [-0.15, -0.1) is 12.4 Å². The second kappa shape index (κ2) is 8.60. The van der Waals surface area contributed by atoms with Crippen LogP contribution in [0.3, 0.4) is 0 Å². The van der Waals surface area contributed by atoms with Crippen LogP contribution in [0, 0.1) is 12.8 Å². The van der Waals surface area contributed by atoms with E-state index in [1.165, 1.54) is 0 Å². The molecule has 7 heteroatoms. The van der Waals surface area contributed by atoms with Gasteiger partial charge in [0.25, 0.3) is 0 Å². The van der Waals surface area contributed by atoms with Gasteiger partial charge in [-0.25, -0.2) is 4.79 Å². The van der Waals surface area contributed by atoms with E-state index in [1.54, 1.807) is 0 Å². The summed E-state index contributed by atoms with van der Waals surface area (Å²) in [5, 5.41) is 8.70. The molecule has 0 bridgehead atoms. The summed E-state index contributed by atoms with van der Waals surface area (Å²) in [5.74, 6) is 0.428. The Morgan fingerprint density at radius 1 is 1.41 bits per heavy atom. The first-order valence-electron chi connectivity index (χ1n) is 7.14. The molecular formula is C15H23ClN4O2. The van der Waals surface area contributed by atoms with Gasteiger partial charge in [0.05, 0.1) is 12.5 Å². The summed E-state index contributed by atoms with van der Waals surface area (Å²) < 4.78 is 0. The van der Waals surface area contributed by atoms with Gasteiger partial charge in [-0.1, -0.05) is 29.8 Å². The smallest absolute Gasteiger partial charge is 0.312 e. The highest BCUT2D eigenvalue weighted by molar-refractivity contribution is 5.85. The minimum Gasteiger partial charge on any atom is -0.356 e. The van der Waals surface area contributed by atoms with E-state index in [0.717, 1.165) is 24.2 Å². The van der Waals surface area contributed by atoms with Crippen molar-refractivity contribution in [2.45, 2.75) is 19.4 Å². The average molecular weight is 327 g/mol. The number of nitrogens with two attached hydrogens (primary N) is 1. The molecule has 22 heavy (non-hydrogen) atoms. The topological polar surface area (TPSA) is 96.2 Å². The van der Waals surface area contributed by atoms with E-state index < -0.39 is 12.1 Å². The summed E-state index contributed by atoms with van der Waals surface area (Å²) in [4.78, 5) is 23.2. The van der Waals surface area contributed by atoms with Gasteiger partial charge in [-0.2, -0.15) is 0 Å². The third kappa shape index (κ3) is 5.54. The molecule has 6 nitrogen and oxygen atoms in total. The molecule has 0 spiro atoms. The molecule has 0 aromatic heterocycles. The predicted molar refractivity (Wildman–Crippen MR) is 87.9 cm³/mol. The number of amides is 3. The maximum Gasteiger partial charge on any atom is 0.312 e. The van der Waals surface area contributed by atoms with Crippen LogP contribution in [0.15, 0.2) is 24.3 Å². The first-order valence-corrected chi connectivity index (χ1v) is 7.14. The molecule has 1 aromatic carbocycles. The Bertz CT molecular complexity index is 520. The number of hydrogen-bond acceptors (Lipinski definition) is 3. The summed E-state index contributed by atoms with van der Waals surface area (Å²) in [6, 6.07) is 6.67. The number of carbonyl (C=O) groups is 2. The van der Waals surface area contributed by atoms with Crippen LogP contribution < -0.4 is 21.7 Å². The summed E-state index contributed by atoms with van der Waals surface area (Å²) >= 11 is 0. The Morgan fingerprint density at radius 3 is 2.68 bits per heavy atom. The van der Waals surface area contributed by atoms with E-state index in [4.69, 9.17) is 5.73 Å². The lowest BCUT2D eigenvalue weighted by atomic mass is 10.0. The van der Waals surface area contributed by atoms with Gasteiger partial charge in [-0.05, 0) is 12.5 Å². The van der Waals surface area contributed by atoms with Crippen LogP contribution in [0.5, 0.6) is 0 Å². The standard InChI is InChI=1S/C15H22N4O2.ClH/c1-10-3-2-4-12(5-10)13(19-15(16)21)6-14(20)18-9-11-7-17-8-11;/h2-5,11,13,17H,6-9H2,1H3,(H,18,20)(H3,16,19,21);1H. The van der Waals surface area contributed by atoms with Gasteiger partial charge < -0.3 is 21.7 Å². The molecule has 1 aliphatic heterocycles. The number of aryl methyl sites for hydroxylation is 1. The van der Waals surface area contributed by atoms with Crippen molar-refractivity contribution in [3.8, 4) is 0 Å². The largest absolute Gasteiger partial charge is 0.356 e. The highest BCUT2D eigenvalue weighted by Gasteiger charge is 2.20. The lowest BCUT2D eigenvalue weighted by Gasteiger charge is -2.27. The minimum absolute atomic E-state index is 0. The van der Waals surface area contributed by atoms with E-state index in [-0.39, 0.29) is 24.7 Å². The third-order valence-electron chi connectivity index (χ3n) is 3.60. The van der Waals surface area contributed by atoms with Crippen LogP contribution in [-0.4, -0.2) is 31.6 Å². The molecular weight excluding hydrogens is 304 g/mol. The zero-order valence-electron chi connectivity index (χ0n) is 12.6. The maximum atomic E-state index is 12.0. The Labute approximate surface area is 136 Å². The molecule has 0 aliphatic carbocycles. The molecule has 1 fully saturated rings. The molecule has 122 valence electrons. The third-order valence-corrected chi connectivity index (χ3v) is 3.60. The van der Waals surface area contributed by atoms with Gasteiger partial charge >= 0.3 is 6.03 Å². The van der Waals surface area contributed by atoms with Crippen LogP contribution in [0.1, 0.15) is 23.6 Å². The van der Waals surface area contributed by atoms with Gasteiger partial charge in [0.1, 0.15) is 0 Å². The van der Waals surface area contributed by atoms with Crippen LogP contribution >= 0.6 is 12.4 Å². The Hall–Kier alpha value is -1.79. The normalized spacial score (nSPS) is 15.1. The fraction of sp³-hybridized carbons (Fsp3) is 0.467. The number of hydrogen-bond donors (Lipinski definition) is 4. The van der Waals surface area contributed by atoms with E-state index in [0.29, 0.717) is 12.5 Å². The SMILES string of the molecule is Cc1cccc(C(CC(=O)NCC2CNC2)NC(N)=O)c1.Cl. The predicted octanol–water partition coefficient (Wildman–Crippen LogP) is 0.852. The fourth-order valence-corrected chi connectivity index (χ4v) is 2.32. The van der Waals surface area contributed by atoms with E-state index in [1.807, 2.05) is 31.2 Å². The Balaban J connectivity index is 0.00000242. The minimum atomic E-state index is -0.627. The molecule has 5 N–H and O–H groups in total. The highest BCUT2D eigenvalue weighted by atomic mass is 35.5. The number of rotatable bonds is 6. The van der Waals surface area contributed by atoms with E-state index >= 15 is 0 Å². The van der Waals surface area contributed by atoms with Crippen molar-refractivity contribution in [2.75, 3.05) is 19.6 Å². The lowest BCUT2D eigenvalue weighted by molar-refractivity contribution is -0.121. The molecule has 3 amide bonds. The Morgan fingerprint density at radius 2 is 2.14 bits per heavy atom. The van der Waals surface area contributed by atoms with Crippen molar-refractivity contribution in [3.05, 3.63) is 35.4 Å². The quantitative estimate of drug-likeness (QED) is 0.624. The van der Waals surface area contributed by atoms with Gasteiger partial charge in [0.15, 0.2) is 0 Å². The molecule has 1 aliphatic rings. The number of nitrogens with one attached hydrogen (secondary N) is 3. The van der Waals surface area contributed by atoms with Crippen molar-refractivity contribution in [1.29, 1.82) is 0 Å². The van der Waals surface area contributed by atoms with E-state index in [2.05, 4.69) is 16.0 Å². The monoisotopic (exact) mass is 326 g/mol. The molecule has 0 saturated carbocycles. The number of carbonyl (C=O) groups excluding carboxylic acids is 2. The average Bonchev–Trinajstić information content (AvgIpc) is 2.35. The zero-order valence-corrected chi connectivity index (χ0v) is 13.4. The summed E-state index contributed by atoms with van der Waals surface area (Å²) in [6.07, 6.45) is 0.187. The van der Waals surface area contributed by atoms with Crippen LogP contribution in [0.2, 0.25) is 0 Å². The van der Waals surface area contributed by atoms with Crippen molar-refractivity contribution in [1.82, 2.24) is 16.0 Å². The van der Waals surface area contributed by atoms with Crippen molar-refractivity contribution in [3.63, 3.8) is 0 Å². The number of urea groups is 1. The van der Waals surface area contributed by atoms with Gasteiger partial charge in [0.2, 0.25) is 5.91 Å². The van der Waals surface area contributed by atoms with Crippen LogP contribution in [0.4, 0.5) is 4.79 Å². The maximum absolute atomic E-state index is 12.0. The lowest BCUT2D eigenvalue weighted by Crippen LogP contribution is -2.48. The van der Waals surface area contributed by atoms with Gasteiger partial charge in [0, 0.05) is 25.6 Å². The first kappa shape index (κ1) is 18.3. The molecule has 2 rings (SSSR count). The number of halogens is 1. The second-order valence-electron chi connectivity index (χ2n) is 5.51. The summed E-state index contributed by atoms with van der Waals surface area (Å²) in [5.41, 5.74) is 7.16. The summed E-state index contributed by atoms with van der Waals surface area (Å²) in [7, 11) is 0. The highest BCUT2D eigenvalue weighted by Crippen LogP contribution is 2.18. The number of benzene rings is 1. The van der Waals surface area contributed by atoms with Crippen LogP contribution in [-0.2, 0) is 4.79 Å². The molecule has 1 unspecified atom stereocenters. The van der Waals surface area contributed by atoms with Crippen molar-refractivity contribution >= 4 is 24.3 Å². The van der Waals surface area contributed by atoms with Crippen molar-refractivity contribution in [2.24, 2.45) is 11.7 Å². The van der Waals surface area contributed by atoms with Crippen molar-refractivity contribution < 1.29 is 9.59 Å². The Kier molecular flexibility index (Phi) is 7.14. The van der Waals surface area contributed by atoms with E-state index in [9.17, 15) is 9.59 Å². The van der Waals surface area contributed by atoms with Crippen LogP contribution in [0.25, 0.3) is 0 Å². The molecule has 0 radical (unpaired) electrons. The summed E-state index contributed by atoms with van der Waals surface area (Å²) in [6.45, 7) is 4.53. The van der Waals surface area contributed by atoms with Gasteiger partial charge in [-0.3, -0.25) is 4.79 Å².